The Bertz CT molecular complexity index is 358. The van der Waals surface area contributed by atoms with Crippen LogP contribution in [0.2, 0.25) is 0 Å². The summed E-state index contributed by atoms with van der Waals surface area (Å²) in [6.45, 7) is 4.77. The van der Waals surface area contributed by atoms with E-state index >= 15 is 0 Å². The van der Waals surface area contributed by atoms with Crippen LogP contribution in [0.15, 0.2) is 12.1 Å². The first-order valence-corrected chi connectivity index (χ1v) is 5.13. The Hall–Kier alpha value is -1.36. The van der Waals surface area contributed by atoms with Crippen molar-refractivity contribution in [2.75, 3.05) is 24.3 Å². The minimum atomic E-state index is -0.758. The maximum Gasteiger partial charge on any atom is 0.151 e. The molecule has 1 atom stereocenters. The molecule has 0 heterocycles. The van der Waals surface area contributed by atoms with Gasteiger partial charge in [-0.1, -0.05) is 0 Å². The first-order chi connectivity index (χ1) is 7.54. The van der Waals surface area contributed by atoms with Gasteiger partial charge in [0.2, 0.25) is 0 Å². The summed E-state index contributed by atoms with van der Waals surface area (Å²) in [6, 6.07) is 1.86. The lowest BCUT2D eigenvalue weighted by Crippen LogP contribution is -2.22. The topological polar surface area (TPSA) is 47.3 Å². The van der Waals surface area contributed by atoms with Crippen LogP contribution in [0.25, 0.3) is 0 Å². The minimum Gasteiger partial charge on any atom is -0.395 e. The molecule has 5 heteroatoms. The number of halogens is 2. The van der Waals surface area contributed by atoms with Crippen molar-refractivity contribution in [1.29, 1.82) is 0 Å². The zero-order valence-electron chi connectivity index (χ0n) is 9.39. The number of hydrogen-bond donors (Lipinski definition) is 2. The predicted molar refractivity (Wildman–Crippen MR) is 60.3 cm³/mol. The van der Waals surface area contributed by atoms with Crippen LogP contribution in [0.3, 0.4) is 0 Å². The molecule has 90 valence electrons. The molecule has 0 amide bonds. The van der Waals surface area contributed by atoms with Gasteiger partial charge in [0.15, 0.2) is 5.82 Å². The maximum absolute atomic E-state index is 13.1. The van der Waals surface area contributed by atoms with Crippen molar-refractivity contribution in [3.05, 3.63) is 23.8 Å². The summed E-state index contributed by atoms with van der Waals surface area (Å²) in [6.07, 6.45) is 0. The van der Waals surface area contributed by atoms with E-state index in [0.29, 0.717) is 13.2 Å². The van der Waals surface area contributed by atoms with Gasteiger partial charge in [0.05, 0.1) is 18.0 Å². The van der Waals surface area contributed by atoms with Gasteiger partial charge in [0.1, 0.15) is 5.82 Å². The monoisotopic (exact) mass is 230 g/mol. The second-order valence-corrected chi connectivity index (χ2v) is 3.55. The van der Waals surface area contributed by atoms with Crippen molar-refractivity contribution in [2.45, 2.75) is 19.9 Å². The summed E-state index contributed by atoms with van der Waals surface area (Å²) in [5.74, 6) is -1.41. The lowest BCUT2D eigenvalue weighted by Gasteiger charge is -2.16. The van der Waals surface area contributed by atoms with E-state index in [2.05, 4.69) is 5.32 Å². The van der Waals surface area contributed by atoms with Crippen molar-refractivity contribution in [3.8, 4) is 0 Å². The molecule has 0 saturated heterocycles. The normalized spacial score (nSPS) is 12.5. The summed E-state index contributed by atoms with van der Waals surface area (Å²) in [7, 11) is 0. The Balaban J connectivity index is 2.72. The molecule has 0 radical (unpaired) electrons. The number of nitrogen functional groups attached to an aromatic ring is 1. The maximum atomic E-state index is 13.1. The van der Waals surface area contributed by atoms with Crippen LogP contribution in [0, 0.1) is 11.6 Å². The molecule has 16 heavy (non-hydrogen) atoms. The molecule has 0 aliphatic carbocycles. The smallest absolute Gasteiger partial charge is 0.151 e. The molecule has 0 saturated carbocycles. The molecule has 0 bridgehead atoms. The molecule has 1 rings (SSSR count). The Morgan fingerprint density at radius 2 is 2.12 bits per heavy atom. The van der Waals surface area contributed by atoms with Gasteiger partial charge in [-0.3, -0.25) is 0 Å². The second-order valence-electron chi connectivity index (χ2n) is 3.55. The molecule has 1 aromatic rings. The van der Waals surface area contributed by atoms with Crippen LogP contribution in [0.5, 0.6) is 0 Å². The zero-order valence-corrected chi connectivity index (χ0v) is 9.39. The van der Waals surface area contributed by atoms with Crippen molar-refractivity contribution in [1.82, 2.24) is 0 Å². The molecule has 1 aromatic carbocycles. The Labute approximate surface area is 93.6 Å². The van der Waals surface area contributed by atoms with E-state index in [0.717, 1.165) is 6.07 Å². The number of ether oxygens (including phenoxy) is 1. The number of anilines is 2. The van der Waals surface area contributed by atoms with Gasteiger partial charge < -0.3 is 15.8 Å². The zero-order chi connectivity index (χ0) is 12.1. The van der Waals surface area contributed by atoms with Crippen LogP contribution in [0.1, 0.15) is 13.8 Å². The molecule has 1 unspecified atom stereocenters. The van der Waals surface area contributed by atoms with Gasteiger partial charge >= 0.3 is 0 Å². The lowest BCUT2D eigenvalue weighted by atomic mass is 10.2. The van der Waals surface area contributed by atoms with Gasteiger partial charge in [-0.05, 0) is 19.9 Å². The van der Waals surface area contributed by atoms with Crippen LogP contribution >= 0.6 is 0 Å². The first kappa shape index (κ1) is 12.7. The molecular weight excluding hydrogens is 214 g/mol. The van der Waals surface area contributed by atoms with E-state index in [4.69, 9.17) is 10.5 Å². The highest BCUT2D eigenvalue weighted by atomic mass is 19.1. The van der Waals surface area contributed by atoms with Crippen LogP contribution < -0.4 is 11.1 Å². The number of rotatable bonds is 5. The van der Waals surface area contributed by atoms with E-state index in [-0.39, 0.29) is 17.4 Å². The van der Waals surface area contributed by atoms with Gasteiger partial charge in [0.25, 0.3) is 0 Å². The SMILES string of the molecule is CCOCC(C)Nc1cc(F)cc(F)c1N. The summed E-state index contributed by atoms with van der Waals surface area (Å²) in [4.78, 5) is 0. The van der Waals surface area contributed by atoms with E-state index in [1.165, 1.54) is 6.07 Å². The second kappa shape index (κ2) is 5.65. The Morgan fingerprint density at radius 3 is 2.75 bits per heavy atom. The van der Waals surface area contributed by atoms with Gasteiger partial charge in [-0.15, -0.1) is 0 Å². The molecule has 3 N–H and O–H groups in total. The summed E-state index contributed by atoms with van der Waals surface area (Å²) in [5.41, 5.74) is 5.66. The third-order valence-electron chi connectivity index (χ3n) is 2.07. The van der Waals surface area contributed by atoms with Gasteiger partial charge in [0, 0.05) is 18.7 Å². The third kappa shape index (κ3) is 3.34. The molecule has 0 fully saturated rings. The fourth-order valence-corrected chi connectivity index (χ4v) is 1.31. The number of nitrogens with one attached hydrogen (secondary N) is 1. The van der Waals surface area contributed by atoms with Crippen molar-refractivity contribution in [3.63, 3.8) is 0 Å². The predicted octanol–water partition coefficient (Wildman–Crippen LogP) is 2.38. The largest absolute Gasteiger partial charge is 0.395 e. The highest BCUT2D eigenvalue weighted by Gasteiger charge is 2.10. The number of nitrogens with two attached hydrogens (primary N) is 1. The van der Waals surface area contributed by atoms with Crippen molar-refractivity contribution in [2.24, 2.45) is 0 Å². The van der Waals surface area contributed by atoms with E-state index < -0.39 is 11.6 Å². The summed E-state index contributed by atoms with van der Waals surface area (Å²) < 4.78 is 31.2. The van der Waals surface area contributed by atoms with Crippen LogP contribution in [-0.2, 0) is 4.74 Å². The average Bonchev–Trinajstić information content (AvgIpc) is 2.22. The average molecular weight is 230 g/mol. The summed E-state index contributed by atoms with van der Waals surface area (Å²) >= 11 is 0. The van der Waals surface area contributed by atoms with E-state index in [9.17, 15) is 8.78 Å². The highest BCUT2D eigenvalue weighted by Crippen LogP contribution is 2.23. The molecule has 0 spiro atoms. The lowest BCUT2D eigenvalue weighted by molar-refractivity contribution is 0.141. The van der Waals surface area contributed by atoms with Gasteiger partial charge in [-0.25, -0.2) is 8.78 Å². The Morgan fingerprint density at radius 1 is 1.44 bits per heavy atom. The van der Waals surface area contributed by atoms with Crippen LogP contribution in [0.4, 0.5) is 20.2 Å². The van der Waals surface area contributed by atoms with Gasteiger partial charge in [-0.2, -0.15) is 0 Å². The molecule has 0 aliphatic heterocycles. The molecule has 3 nitrogen and oxygen atoms in total. The molecule has 0 aromatic heterocycles. The fourth-order valence-electron chi connectivity index (χ4n) is 1.31. The standard InChI is InChI=1S/C11H16F2N2O/c1-3-16-6-7(2)15-10-5-8(12)4-9(13)11(10)14/h4-5,7,15H,3,6,14H2,1-2H3. The van der Waals surface area contributed by atoms with E-state index in [1.807, 2.05) is 13.8 Å². The van der Waals surface area contributed by atoms with E-state index in [1.54, 1.807) is 0 Å². The van der Waals surface area contributed by atoms with Crippen molar-refractivity contribution < 1.29 is 13.5 Å². The molecular formula is C11H16F2N2O. The van der Waals surface area contributed by atoms with Crippen LogP contribution in [-0.4, -0.2) is 19.3 Å². The highest BCUT2D eigenvalue weighted by molar-refractivity contribution is 5.67. The first-order valence-electron chi connectivity index (χ1n) is 5.13. The minimum absolute atomic E-state index is 0.0663. The third-order valence-corrected chi connectivity index (χ3v) is 2.07. The summed E-state index contributed by atoms with van der Waals surface area (Å²) in [5, 5.41) is 2.90. The Kier molecular flexibility index (Phi) is 4.49. The number of benzene rings is 1. The fraction of sp³-hybridized carbons (Fsp3) is 0.455. The number of hydrogen-bond acceptors (Lipinski definition) is 3. The van der Waals surface area contributed by atoms with Crippen molar-refractivity contribution >= 4 is 11.4 Å². The quantitative estimate of drug-likeness (QED) is 0.763. The molecule has 0 aliphatic rings.